The highest BCUT2D eigenvalue weighted by atomic mass is 19.4. The van der Waals surface area contributed by atoms with Crippen molar-refractivity contribution in [2.45, 2.75) is 33.6 Å². The zero-order chi connectivity index (χ0) is 23.3. The number of esters is 1. The highest BCUT2D eigenvalue weighted by Crippen LogP contribution is 2.29. The molecule has 0 amide bonds. The first-order chi connectivity index (χ1) is 15.2. The van der Waals surface area contributed by atoms with Crippen LogP contribution < -0.4 is 4.74 Å². The number of aromatic nitrogens is 3. The Morgan fingerprint density at radius 2 is 1.81 bits per heavy atom. The predicted octanol–water partition coefficient (Wildman–Crippen LogP) is 5.06. The molecule has 0 bridgehead atoms. The Labute approximate surface area is 183 Å². The van der Waals surface area contributed by atoms with Crippen molar-refractivity contribution in [1.29, 1.82) is 0 Å². The van der Waals surface area contributed by atoms with Crippen LogP contribution >= 0.6 is 0 Å². The fraction of sp³-hybridized carbons (Fsp3) is 0.261. The molecular formula is C23H22F3N3O3. The third-order valence-electron chi connectivity index (χ3n) is 4.61. The van der Waals surface area contributed by atoms with Crippen LogP contribution in [0.1, 0.15) is 35.0 Å². The number of rotatable bonds is 7. The molecule has 0 saturated carbocycles. The van der Waals surface area contributed by atoms with Gasteiger partial charge in [0, 0.05) is 6.08 Å². The number of hydrogen-bond donors (Lipinski definition) is 0. The molecule has 3 rings (SSSR count). The zero-order valence-electron chi connectivity index (χ0n) is 17.8. The lowest BCUT2D eigenvalue weighted by molar-refractivity contribution is -0.138. The first-order valence-corrected chi connectivity index (χ1v) is 9.86. The standard InChI is InChI=1S/C23H22F3N3O3/c1-4-31-22(30)12-6-17-5-11-20(13-15(17)2)32-14-21-16(3)27-29(28-21)19-9-7-18(8-10-19)23(24,25)26/h5-13H,4,14H2,1-3H3/b12-6+. The molecule has 6 nitrogen and oxygen atoms in total. The topological polar surface area (TPSA) is 66.2 Å². The van der Waals surface area contributed by atoms with Crippen LogP contribution in [0.25, 0.3) is 11.8 Å². The molecule has 1 aromatic heterocycles. The maximum atomic E-state index is 12.7. The smallest absolute Gasteiger partial charge is 0.416 e. The van der Waals surface area contributed by atoms with Gasteiger partial charge in [-0.05, 0) is 74.4 Å². The van der Waals surface area contributed by atoms with E-state index >= 15 is 0 Å². The molecule has 3 aromatic rings. The number of alkyl halides is 3. The molecule has 0 atom stereocenters. The van der Waals surface area contributed by atoms with Crippen LogP contribution in [-0.4, -0.2) is 27.6 Å². The van der Waals surface area contributed by atoms with Gasteiger partial charge in [0.25, 0.3) is 0 Å². The first-order valence-electron chi connectivity index (χ1n) is 9.86. The van der Waals surface area contributed by atoms with Crippen LogP contribution in [0.15, 0.2) is 48.5 Å². The van der Waals surface area contributed by atoms with E-state index < -0.39 is 17.7 Å². The van der Waals surface area contributed by atoms with Crippen molar-refractivity contribution in [2.24, 2.45) is 0 Å². The van der Waals surface area contributed by atoms with E-state index in [1.165, 1.54) is 23.0 Å². The van der Waals surface area contributed by atoms with Crippen LogP contribution in [0.2, 0.25) is 0 Å². The Kier molecular flexibility index (Phi) is 6.97. The first kappa shape index (κ1) is 23.1. The second kappa shape index (κ2) is 9.67. The number of hydrogen-bond acceptors (Lipinski definition) is 5. The molecule has 2 aromatic carbocycles. The van der Waals surface area contributed by atoms with Crippen LogP contribution in [0.4, 0.5) is 13.2 Å². The Bertz CT molecular complexity index is 1120. The van der Waals surface area contributed by atoms with Gasteiger partial charge in [0.05, 0.1) is 23.6 Å². The van der Waals surface area contributed by atoms with Gasteiger partial charge in [-0.1, -0.05) is 6.07 Å². The molecule has 1 heterocycles. The third kappa shape index (κ3) is 5.75. The van der Waals surface area contributed by atoms with Crippen molar-refractivity contribution in [3.8, 4) is 11.4 Å². The van der Waals surface area contributed by atoms with Gasteiger partial charge < -0.3 is 9.47 Å². The van der Waals surface area contributed by atoms with E-state index in [2.05, 4.69) is 10.2 Å². The molecule has 0 aliphatic rings. The fourth-order valence-corrected chi connectivity index (χ4v) is 2.87. The van der Waals surface area contributed by atoms with Crippen molar-refractivity contribution in [3.05, 3.63) is 76.6 Å². The van der Waals surface area contributed by atoms with E-state index in [9.17, 15) is 18.0 Å². The molecule has 0 aliphatic heterocycles. The van der Waals surface area contributed by atoms with Gasteiger partial charge in [-0.2, -0.15) is 23.1 Å². The van der Waals surface area contributed by atoms with Crippen LogP contribution in [-0.2, 0) is 22.3 Å². The summed E-state index contributed by atoms with van der Waals surface area (Å²) in [5.74, 6) is 0.207. The second-order valence-electron chi connectivity index (χ2n) is 6.96. The van der Waals surface area contributed by atoms with Gasteiger partial charge in [-0.15, -0.1) is 5.10 Å². The summed E-state index contributed by atoms with van der Waals surface area (Å²) in [5.41, 5.74) is 2.62. The highest BCUT2D eigenvalue weighted by Gasteiger charge is 2.30. The summed E-state index contributed by atoms with van der Waals surface area (Å²) in [4.78, 5) is 12.7. The molecule has 0 spiro atoms. The number of carbonyl (C=O) groups excluding carboxylic acids is 1. The molecule has 0 unspecified atom stereocenters. The Morgan fingerprint density at radius 1 is 1.09 bits per heavy atom. The van der Waals surface area contributed by atoms with Crippen molar-refractivity contribution >= 4 is 12.0 Å². The number of aryl methyl sites for hydroxylation is 2. The fourth-order valence-electron chi connectivity index (χ4n) is 2.87. The van der Waals surface area contributed by atoms with E-state index in [-0.39, 0.29) is 6.61 Å². The molecular weight excluding hydrogens is 423 g/mol. The summed E-state index contributed by atoms with van der Waals surface area (Å²) in [6.45, 7) is 5.85. The summed E-state index contributed by atoms with van der Waals surface area (Å²) < 4.78 is 48.9. The molecule has 0 aliphatic carbocycles. The van der Waals surface area contributed by atoms with Gasteiger partial charge in [0.2, 0.25) is 0 Å². The normalized spacial score (nSPS) is 11.7. The average Bonchev–Trinajstić information content (AvgIpc) is 3.12. The molecule has 0 N–H and O–H groups in total. The predicted molar refractivity (Wildman–Crippen MR) is 112 cm³/mol. The Morgan fingerprint density at radius 3 is 2.44 bits per heavy atom. The van der Waals surface area contributed by atoms with Crippen molar-refractivity contribution in [3.63, 3.8) is 0 Å². The average molecular weight is 445 g/mol. The van der Waals surface area contributed by atoms with Gasteiger partial charge in [-0.25, -0.2) is 4.79 Å². The van der Waals surface area contributed by atoms with E-state index in [0.29, 0.717) is 29.4 Å². The van der Waals surface area contributed by atoms with Crippen LogP contribution in [0.3, 0.4) is 0 Å². The maximum absolute atomic E-state index is 12.7. The summed E-state index contributed by atoms with van der Waals surface area (Å²) >= 11 is 0. The number of ether oxygens (including phenoxy) is 2. The Hall–Kier alpha value is -3.62. The molecule has 9 heteroatoms. The van der Waals surface area contributed by atoms with Gasteiger partial charge in [0.15, 0.2) is 0 Å². The summed E-state index contributed by atoms with van der Waals surface area (Å²) in [7, 11) is 0. The zero-order valence-corrected chi connectivity index (χ0v) is 17.8. The monoisotopic (exact) mass is 445 g/mol. The lowest BCUT2D eigenvalue weighted by Gasteiger charge is -2.08. The van der Waals surface area contributed by atoms with Gasteiger partial charge in [0.1, 0.15) is 18.1 Å². The number of halogens is 3. The summed E-state index contributed by atoms with van der Waals surface area (Å²) in [6.07, 6.45) is -1.35. The van der Waals surface area contributed by atoms with Gasteiger partial charge in [-0.3, -0.25) is 0 Å². The molecule has 0 radical (unpaired) electrons. The third-order valence-corrected chi connectivity index (χ3v) is 4.61. The van der Waals surface area contributed by atoms with Crippen molar-refractivity contribution in [2.75, 3.05) is 6.61 Å². The van der Waals surface area contributed by atoms with E-state index in [1.54, 1.807) is 26.0 Å². The number of nitrogens with zero attached hydrogens (tertiary/aromatic N) is 3. The molecule has 0 saturated heterocycles. The van der Waals surface area contributed by atoms with Gasteiger partial charge >= 0.3 is 12.1 Å². The lowest BCUT2D eigenvalue weighted by atomic mass is 10.1. The minimum Gasteiger partial charge on any atom is -0.487 e. The van der Waals surface area contributed by atoms with E-state index in [4.69, 9.17) is 9.47 Å². The lowest BCUT2D eigenvalue weighted by Crippen LogP contribution is -2.06. The number of carbonyl (C=O) groups is 1. The summed E-state index contributed by atoms with van der Waals surface area (Å²) in [5, 5.41) is 8.59. The quantitative estimate of drug-likeness (QED) is 0.376. The minimum atomic E-state index is -4.40. The molecule has 0 fully saturated rings. The Balaban J connectivity index is 1.67. The van der Waals surface area contributed by atoms with Crippen LogP contribution in [0, 0.1) is 13.8 Å². The molecule has 32 heavy (non-hydrogen) atoms. The van der Waals surface area contributed by atoms with Crippen molar-refractivity contribution < 1.29 is 27.4 Å². The molecule has 168 valence electrons. The van der Waals surface area contributed by atoms with E-state index in [0.717, 1.165) is 23.3 Å². The minimum absolute atomic E-state index is 0.143. The largest absolute Gasteiger partial charge is 0.487 e. The SMILES string of the molecule is CCOC(=O)/C=C/c1ccc(OCc2nn(-c3ccc(C(F)(F)F)cc3)nc2C)cc1C. The number of benzene rings is 2. The highest BCUT2D eigenvalue weighted by molar-refractivity contribution is 5.87. The summed E-state index contributed by atoms with van der Waals surface area (Å²) in [6, 6.07) is 10.0. The van der Waals surface area contributed by atoms with Crippen LogP contribution in [0.5, 0.6) is 5.75 Å². The van der Waals surface area contributed by atoms with Crippen molar-refractivity contribution in [1.82, 2.24) is 15.0 Å². The second-order valence-corrected chi connectivity index (χ2v) is 6.96. The maximum Gasteiger partial charge on any atom is 0.416 e. The van der Waals surface area contributed by atoms with E-state index in [1.807, 2.05) is 19.1 Å².